The lowest BCUT2D eigenvalue weighted by Crippen LogP contribution is -2.33. The fourth-order valence-electron chi connectivity index (χ4n) is 3.42. The zero-order valence-electron chi connectivity index (χ0n) is 17.1. The Labute approximate surface area is 171 Å². The van der Waals surface area contributed by atoms with Gasteiger partial charge in [-0.15, -0.1) is 10.2 Å². The quantitative estimate of drug-likeness (QED) is 0.653. The van der Waals surface area contributed by atoms with E-state index in [9.17, 15) is 4.79 Å². The van der Waals surface area contributed by atoms with E-state index < -0.39 is 0 Å². The predicted octanol–water partition coefficient (Wildman–Crippen LogP) is 4.10. The summed E-state index contributed by atoms with van der Waals surface area (Å²) in [6, 6.07) is 7.85. The number of methoxy groups -OCH3 is 1. The lowest BCUT2D eigenvalue weighted by Gasteiger charge is -2.20. The lowest BCUT2D eigenvalue weighted by molar-refractivity contribution is -0.128. The normalized spacial score (nSPS) is 14.9. The van der Waals surface area contributed by atoms with Crippen LogP contribution >= 0.6 is 11.8 Å². The second-order valence-corrected chi connectivity index (χ2v) is 8.57. The maximum absolute atomic E-state index is 12.6. The monoisotopic (exact) mass is 402 g/mol. The Balaban J connectivity index is 1.74. The summed E-state index contributed by atoms with van der Waals surface area (Å²) in [5.74, 6) is 2.72. The SMILES string of the molecule is COc1ccc(-c2nnc(SCC(=O)N3CCCCCC3)n2CC(C)C)cc1. The molecule has 0 bridgehead atoms. The first-order valence-corrected chi connectivity index (χ1v) is 11.0. The number of nitrogens with zero attached hydrogens (tertiary/aromatic N) is 4. The van der Waals surface area contributed by atoms with Crippen molar-refractivity contribution in [3.63, 3.8) is 0 Å². The fraction of sp³-hybridized carbons (Fsp3) is 0.571. The molecule has 2 aromatic rings. The van der Waals surface area contributed by atoms with Crippen LogP contribution in [0.4, 0.5) is 0 Å². The van der Waals surface area contributed by atoms with Crippen molar-refractivity contribution in [2.24, 2.45) is 5.92 Å². The van der Waals surface area contributed by atoms with Gasteiger partial charge in [-0.1, -0.05) is 38.5 Å². The van der Waals surface area contributed by atoms with Crippen LogP contribution in [0, 0.1) is 5.92 Å². The predicted molar refractivity (Wildman–Crippen MR) is 113 cm³/mol. The van der Waals surface area contributed by atoms with Crippen LogP contribution in [-0.2, 0) is 11.3 Å². The molecule has 0 unspecified atom stereocenters. The molecule has 3 rings (SSSR count). The third kappa shape index (κ3) is 5.28. The number of likely N-dealkylation sites (tertiary alicyclic amines) is 1. The molecule has 152 valence electrons. The van der Waals surface area contributed by atoms with Crippen LogP contribution in [0.25, 0.3) is 11.4 Å². The van der Waals surface area contributed by atoms with Crippen molar-refractivity contribution in [3.05, 3.63) is 24.3 Å². The Bertz CT molecular complexity index is 765. The average molecular weight is 403 g/mol. The van der Waals surface area contributed by atoms with Crippen LogP contribution in [-0.4, -0.2) is 51.5 Å². The minimum absolute atomic E-state index is 0.206. The molecule has 28 heavy (non-hydrogen) atoms. The van der Waals surface area contributed by atoms with Gasteiger partial charge in [-0.3, -0.25) is 4.79 Å². The van der Waals surface area contributed by atoms with Crippen LogP contribution in [0.3, 0.4) is 0 Å². The summed E-state index contributed by atoms with van der Waals surface area (Å²) in [5.41, 5.74) is 1.000. The number of carbonyl (C=O) groups excluding carboxylic acids is 1. The summed E-state index contributed by atoms with van der Waals surface area (Å²) in [6.45, 7) is 6.93. The molecule has 0 radical (unpaired) electrons. The summed E-state index contributed by atoms with van der Waals surface area (Å²) < 4.78 is 7.38. The van der Waals surface area contributed by atoms with E-state index in [-0.39, 0.29) is 5.91 Å². The minimum atomic E-state index is 0.206. The van der Waals surface area contributed by atoms with Gasteiger partial charge in [0.15, 0.2) is 11.0 Å². The van der Waals surface area contributed by atoms with Crippen molar-refractivity contribution >= 4 is 17.7 Å². The summed E-state index contributed by atoms with van der Waals surface area (Å²) in [4.78, 5) is 14.6. The summed E-state index contributed by atoms with van der Waals surface area (Å²) in [5, 5.41) is 9.63. The molecular weight excluding hydrogens is 372 g/mol. The van der Waals surface area contributed by atoms with E-state index in [1.165, 1.54) is 24.6 Å². The molecule has 1 amide bonds. The zero-order valence-corrected chi connectivity index (χ0v) is 17.9. The second-order valence-electron chi connectivity index (χ2n) is 7.62. The molecular formula is C21H30N4O2S. The van der Waals surface area contributed by atoms with E-state index in [4.69, 9.17) is 4.74 Å². The first-order chi connectivity index (χ1) is 13.6. The lowest BCUT2D eigenvalue weighted by atomic mass is 10.2. The number of hydrogen-bond acceptors (Lipinski definition) is 5. The van der Waals surface area contributed by atoms with Crippen LogP contribution in [0.5, 0.6) is 5.75 Å². The number of carbonyl (C=O) groups is 1. The second kappa shape index (κ2) is 9.96. The van der Waals surface area contributed by atoms with Crippen molar-refractivity contribution in [2.75, 3.05) is 26.0 Å². The van der Waals surface area contributed by atoms with E-state index in [0.29, 0.717) is 11.7 Å². The minimum Gasteiger partial charge on any atom is -0.497 e. The van der Waals surface area contributed by atoms with Crippen LogP contribution in [0.2, 0.25) is 0 Å². The summed E-state index contributed by atoms with van der Waals surface area (Å²) in [6.07, 6.45) is 4.68. The highest BCUT2D eigenvalue weighted by atomic mass is 32.2. The molecule has 6 nitrogen and oxygen atoms in total. The topological polar surface area (TPSA) is 60.3 Å². The van der Waals surface area contributed by atoms with E-state index in [1.807, 2.05) is 29.2 Å². The Morgan fingerprint density at radius 2 is 1.79 bits per heavy atom. The van der Waals surface area contributed by atoms with Gasteiger partial charge in [0.05, 0.1) is 12.9 Å². The molecule has 1 aliphatic rings. The number of rotatable bonds is 7. The van der Waals surface area contributed by atoms with Gasteiger partial charge in [-0.05, 0) is 43.0 Å². The van der Waals surface area contributed by atoms with Crippen molar-refractivity contribution in [1.29, 1.82) is 0 Å². The van der Waals surface area contributed by atoms with Crippen molar-refractivity contribution in [2.45, 2.75) is 51.2 Å². The van der Waals surface area contributed by atoms with E-state index in [0.717, 1.165) is 54.8 Å². The van der Waals surface area contributed by atoms with Crippen LogP contribution in [0.15, 0.2) is 29.4 Å². The molecule has 0 atom stereocenters. The maximum atomic E-state index is 12.6. The van der Waals surface area contributed by atoms with E-state index in [2.05, 4.69) is 28.6 Å². The van der Waals surface area contributed by atoms with Crippen molar-refractivity contribution < 1.29 is 9.53 Å². The Hall–Kier alpha value is -2.02. The summed E-state index contributed by atoms with van der Waals surface area (Å²) in [7, 11) is 1.66. The standard InChI is InChI=1S/C21H30N4O2S/c1-16(2)14-25-20(17-8-10-18(27-3)11-9-17)22-23-21(25)28-15-19(26)24-12-6-4-5-7-13-24/h8-11,16H,4-7,12-15H2,1-3H3. The highest BCUT2D eigenvalue weighted by molar-refractivity contribution is 7.99. The Kier molecular flexibility index (Phi) is 7.36. The van der Waals surface area contributed by atoms with E-state index in [1.54, 1.807) is 7.11 Å². The van der Waals surface area contributed by atoms with Gasteiger partial charge in [-0.25, -0.2) is 0 Å². The van der Waals surface area contributed by atoms with E-state index >= 15 is 0 Å². The molecule has 0 saturated carbocycles. The molecule has 2 heterocycles. The van der Waals surface area contributed by atoms with Crippen LogP contribution < -0.4 is 4.74 Å². The van der Waals surface area contributed by atoms with Gasteiger partial charge in [0.1, 0.15) is 5.75 Å². The molecule has 1 aliphatic heterocycles. The average Bonchev–Trinajstić information content (AvgIpc) is 2.90. The van der Waals surface area contributed by atoms with Gasteiger partial charge in [0, 0.05) is 25.2 Å². The number of aromatic nitrogens is 3. The number of hydrogen-bond donors (Lipinski definition) is 0. The first kappa shape index (κ1) is 20.7. The largest absolute Gasteiger partial charge is 0.497 e. The van der Waals surface area contributed by atoms with Crippen molar-refractivity contribution in [1.82, 2.24) is 19.7 Å². The molecule has 0 N–H and O–H groups in total. The Morgan fingerprint density at radius 1 is 1.11 bits per heavy atom. The zero-order chi connectivity index (χ0) is 19.9. The van der Waals surface area contributed by atoms with Gasteiger partial charge < -0.3 is 14.2 Å². The third-order valence-electron chi connectivity index (χ3n) is 4.90. The fourth-order valence-corrected chi connectivity index (χ4v) is 4.27. The molecule has 1 aromatic carbocycles. The van der Waals surface area contributed by atoms with Gasteiger partial charge in [-0.2, -0.15) is 0 Å². The number of ether oxygens (including phenoxy) is 1. The molecule has 1 fully saturated rings. The van der Waals surface area contributed by atoms with Gasteiger partial charge >= 0.3 is 0 Å². The smallest absolute Gasteiger partial charge is 0.233 e. The maximum Gasteiger partial charge on any atom is 0.233 e. The molecule has 1 saturated heterocycles. The Morgan fingerprint density at radius 3 is 2.39 bits per heavy atom. The molecule has 0 aliphatic carbocycles. The molecule has 0 spiro atoms. The molecule has 7 heteroatoms. The number of thioether (sulfide) groups is 1. The highest BCUT2D eigenvalue weighted by Crippen LogP contribution is 2.27. The summed E-state index contributed by atoms with van der Waals surface area (Å²) >= 11 is 1.49. The number of amides is 1. The highest BCUT2D eigenvalue weighted by Gasteiger charge is 2.19. The van der Waals surface area contributed by atoms with Gasteiger partial charge in [0.2, 0.25) is 5.91 Å². The van der Waals surface area contributed by atoms with Crippen molar-refractivity contribution in [3.8, 4) is 17.1 Å². The first-order valence-electron chi connectivity index (χ1n) is 10.1. The van der Waals surface area contributed by atoms with Gasteiger partial charge in [0.25, 0.3) is 0 Å². The third-order valence-corrected chi connectivity index (χ3v) is 5.85. The molecule has 1 aromatic heterocycles. The number of benzene rings is 1. The van der Waals surface area contributed by atoms with Crippen LogP contribution in [0.1, 0.15) is 39.5 Å².